The third-order valence-electron chi connectivity index (χ3n) is 3.88. The molecule has 1 aliphatic rings. The minimum atomic E-state index is -0.411. The van der Waals surface area contributed by atoms with Crippen LogP contribution in [-0.4, -0.2) is 28.1 Å². The minimum Gasteiger partial charge on any atom is -0.454 e. The molecule has 0 unspecified atom stereocenters. The van der Waals surface area contributed by atoms with Gasteiger partial charge in [0.05, 0.1) is 6.20 Å². The van der Waals surface area contributed by atoms with Crippen molar-refractivity contribution in [1.82, 2.24) is 9.38 Å². The van der Waals surface area contributed by atoms with Crippen LogP contribution in [-0.2, 0) is 6.54 Å². The second kappa shape index (κ2) is 5.41. The number of nitrogens with zero attached hydrogens (tertiary/aromatic N) is 4. The molecule has 0 saturated heterocycles. The zero-order valence-corrected chi connectivity index (χ0v) is 12.9. The van der Waals surface area contributed by atoms with Gasteiger partial charge in [0.25, 0.3) is 0 Å². The van der Waals surface area contributed by atoms with Crippen molar-refractivity contribution in [3.63, 3.8) is 0 Å². The summed E-state index contributed by atoms with van der Waals surface area (Å²) in [7, 11) is 1.78. The van der Waals surface area contributed by atoms with Gasteiger partial charge in [0.2, 0.25) is 18.3 Å². The van der Waals surface area contributed by atoms with Gasteiger partial charge in [-0.3, -0.25) is 0 Å². The van der Waals surface area contributed by atoms with E-state index in [1.54, 1.807) is 36.3 Å². The first kappa shape index (κ1) is 14.3. The van der Waals surface area contributed by atoms with Gasteiger partial charge >= 0.3 is 5.82 Å². The largest absolute Gasteiger partial charge is 0.454 e. The first-order valence-electron chi connectivity index (χ1n) is 7.34. The molecule has 0 amide bonds. The number of hydrogen-bond acceptors (Lipinski definition) is 6. The SMILES string of the molecule is CN(Cc1ccc2c(c1)OCO2)c1nc2ccccn2c1[N+](=O)[O-]. The summed E-state index contributed by atoms with van der Waals surface area (Å²) in [6.07, 6.45) is 1.64. The molecule has 0 spiro atoms. The van der Waals surface area contributed by atoms with Crippen molar-refractivity contribution in [2.45, 2.75) is 6.54 Å². The van der Waals surface area contributed by atoms with Crippen molar-refractivity contribution in [1.29, 1.82) is 0 Å². The third-order valence-corrected chi connectivity index (χ3v) is 3.88. The number of imidazole rings is 1. The van der Waals surface area contributed by atoms with Crippen molar-refractivity contribution in [2.75, 3.05) is 18.7 Å². The summed E-state index contributed by atoms with van der Waals surface area (Å²) in [6.45, 7) is 0.674. The quantitative estimate of drug-likeness (QED) is 0.541. The van der Waals surface area contributed by atoms with E-state index >= 15 is 0 Å². The predicted molar refractivity (Wildman–Crippen MR) is 86.5 cm³/mol. The van der Waals surface area contributed by atoms with Crippen LogP contribution in [0.1, 0.15) is 5.56 Å². The van der Waals surface area contributed by atoms with Crippen LogP contribution in [0.2, 0.25) is 0 Å². The van der Waals surface area contributed by atoms with Crippen LogP contribution in [0, 0.1) is 10.1 Å². The minimum absolute atomic E-state index is 0.0474. The van der Waals surface area contributed by atoms with Crippen LogP contribution in [0.3, 0.4) is 0 Å². The number of hydrogen-bond donors (Lipinski definition) is 0. The number of ether oxygens (including phenoxy) is 2. The fourth-order valence-corrected chi connectivity index (χ4v) is 2.78. The fraction of sp³-hybridized carbons (Fsp3) is 0.188. The number of anilines is 1. The van der Waals surface area contributed by atoms with E-state index in [-0.39, 0.29) is 12.6 Å². The Labute approximate surface area is 137 Å². The number of benzene rings is 1. The number of pyridine rings is 1. The summed E-state index contributed by atoms with van der Waals surface area (Å²) in [5.74, 6) is 1.67. The second-order valence-corrected chi connectivity index (χ2v) is 5.49. The molecule has 2 aromatic heterocycles. The van der Waals surface area contributed by atoms with E-state index in [0.29, 0.717) is 29.5 Å². The molecule has 3 aromatic rings. The predicted octanol–water partition coefficient (Wildman–Crippen LogP) is 2.61. The van der Waals surface area contributed by atoms with Crippen LogP contribution >= 0.6 is 0 Å². The molecule has 122 valence electrons. The average Bonchev–Trinajstić information content (AvgIpc) is 3.18. The van der Waals surface area contributed by atoms with Gasteiger partial charge in [0.15, 0.2) is 11.5 Å². The molecule has 0 radical (unpaired) electrons. The maximum Gasteiger partial charge on any atom is 0.372 e. The van der Waals surface area contributed by atoms with Gasteiger partial charge in [-0.1, -0.05) is 12.1 Å². The van der Waals surface area contributed by atoms with Crippen molar-refractivity contribution < 1.29 is 14.4 Å². The maximum absolute atomic E-state index is 11.5. The van der Waals surface area contributed by atoms with Crippen LogP contribution in [0.5, 0.6) is 11.5 Å². The maximum atomic E-state index is 11.5. The van der Waals surface area contributed by atoms with E-state index < -0.39 is 4.92 Å². The van der Waals surface area contributed by atoms with E-state index in [1.807, 2.05) is 18.2 Å². The third kappa shape index (κ3) is 2.28. The standard InChI is InChI=1S/C16H14N4O4/c1-18(9-11-5-6-12-13(8-11)24-10-23-12)15-16(20(21)22)19-7-3-2-4-14(19)17-15/h2-8H,9-10H2,1H3. The molecule has 3 heterocycles. The Kier molecular flexibility index (Phi) is 3.23. The highest BCUT2D eigenvalue weighted by Gasteiger charge is 2.25. The molecule has 0 aliphatic carbocycles. The number of fused-ring (bicyclic) bond motifs is 2. The summed E-state index contributed by atoms with van der Waals surface area (Å²) in [5.41, 5.74) is 1.49. The van der Waals surface area contributed by atoms with Crippen LogP contribution in [0.25, 0.3) is 5.65 Å². The molecule has 8 heteroatoms. The van der Waals surface area contributed by atoms with Gasteiger partial charge in [-0.15, -0.1) is 0 Å². The summed E-state index contributed by atoms with van der Waals surface area (Å²) >= 11 is 0. The Morgan fingerprint density at radius 2 is 2.12 bits per heavy atom. The van der Waals surface area contributed by atoms with Crippen molar-refractivity contribution in [2.24, 2.45) is 0 Å². The number of aromatic nitrogens is 2. The summed E-state index contributed by atoms with van der Waals surface area (Å²) in [6, 6.07) is 10.9. The molecule has 0 atom stereocenters. The summed E-state index contributed by atoms with van der Waals surface area (Å²) in [4.78, 5) is 17.2. The molecule has 1 aromatic carbocycles. The van der Waals surface area contributed by atoms with Gasteiger partial charge in [-0.05, 0) is 28.7 Å². The van der Waals surface area contributed by atoms with Crippen molar-refractivity contribution in [3.8, 4) is 11.5 Å². The molecule has 0 N–H and O–H groups in total. The van der Waals surface area contributed by atoms with Crippen LogP contribution in [0.4, 0.5) is 11.6 Å². The molecular formula is C16H14N4O4. The van der Waals surface area contributed by atoms with Crippen molar-refractivity contribution in [3.05, 3.63) is 58.3 Å². The topological polar surface area (TPSA) is 82.1 Å². The van der Waals surface area contributed by atoms with Gasteiger partial charge in [-0.2, -0.15) is 9.38 Å². The normalized spacial score (nSPS) is 12.5. The number of rotatable bonds is 4. The second-order valence-electron chi connectivity index (χ2n) is 5.49. The highest BCUT2D eigenvalue weighted by molar-refractivity contribution is 5.63. The molecule has 24 heavy (non-hydrogen) atoms. The molecule has 1 aliphatic heterocycles. The van der Waals surface area contributed by atoms with E-state index in [9.17, 15) is 10.1 Å². The zero-order valence-electron chi connectivity index (χ0n) is 12.9. The van der Waals surface area contributed by atoms with Crippen LogP contribution in [0.15, 0.2) is 42.6 Å². The van der Waals surface area contributed by atoms with E-state index in [1.165, 1.54) is 4.40 Å². The van der Waals surface area contributed by atoms with Crippen molar-refractivity contribution >= 4 is 17.3 Å². The van der Waals surface area contributed by atoms with E-state index in [0.717, 1.165) is 5.56 Å². The number of nitro groups is 1. The summed E-state index contributed by atoms with van der Waals surface area (Å²) in [5, 5.41) is 11.5. The van der Waals surface area contributed by atoms with E-state index in [4.69, 9.17) is 9.47 Å². The molecule has 0 bridgehead atoms. The fourth-order valence-electron chi connectivity index (χ4n) is 2.78. The van der Waals surface area contributed by atoms with Gasteiger partial charge in [0, 0.05) is 19.7 Å². The Bertz CT molecular complexity index is 937. The Hall–Kier alpha value is -3.29. The van der Waals surface area contributed by atoms with Gasteiger partial charge in [-0.25, -0.2) is 0 Å². The first-order chi connectivity index (χ1) is 11.6. The Morgan fingerprint density at radius 3 is 2.96 bits per heavy atom. The molecular weight excluding hydrogens is 312 g/mol. The van der Waals surface area contributed by atoms with Gasteiger partial charge < -0.3 is 24.5 Å². The average molecular weight is 326 g/mol. The lowest BCUT2D eigenvalue weighted by Crippen LogP contribution is -2.18. The Morgan fingerprint density at radius 1 is 1.29 bits per heavy atom. The highest BCUT2D eigenvalue weighted by atomic mass is 16.7. The zero-order chi connectivity index (χ0) is 16.7. The highest BCUT2D eigenvalue weighted by Crippen LogP contribution is 2.34. The Balaban J connectivity index is 1.69. The molecule has 0 fully saturated rings. The molecule has 0 saturated carbocycles. The lowest BCUT2D eigenvalue weighted by Gasteiger charge is -2.16. The molecule has 8 nitrogen and oxygen atoms in total. The first-order valence-corrected chi connectivity index (χ1v) is 7.34. The summed E-state index contributed by atoms with van der Waals surface area (Å²) < 4.78 is 12.1. The lowest BCUT2D eigenvalue weighted by molar-refractivity contribution is -0.389. The lowest BCUT2D eigenvalue weighted by atomic mass is 10.2. The smallest absolute Gasteiger partial charge is 0.372 e. The van der Waals surface area contributed by atoms with E-state index in [2.05, 4.69) is 4.98 Å². The van der Waals surface area contributed by atoms with Gasteiger partial charge in [0.1, 0.15) is 0 Å². The van der Waals surface area contributed by atoms with Crippen LogP contribution < -0.4 is 14.4 Å². The molecule has 4 rings (SSSR count). The monoisotopic (exact) mass is 326 g/mol.